The topological polar surface area (TPSA) is 98.8 Å². The van der Waals surface area contributed by atoms with Crippen molar-refractivity contribution in [3.63, 3.8) is 0 Å². The zero-order valence-electron chi connectivity index (χ0n) is 13.4. The van der Waals surface area contributed by atoms with E-state index in [9.17, 15) is 23.5 Å². The largest absolute Gasteiger partial charge is 0.461 e. The van der Waals surface area contributed by atoms with E-state index in [4.69, 9.17) is 4.74 Å². The molecule has 0 radical (unpaired) electrons. The number of halogens is 2. The normalized spacial score (nSPS) is 14.1. The molecule has 0 heterocycles. The average molecular weight is 345 g/mol. The van der Waals surface area contributed by atoms with Gasteiger partial charge in [-0.2, -0.15) is 14.7 Å². The highest BCUT2D eigenvalue weighted by Crippen LogP contribution is 2.30. The minimum atomic E-state index is -4.32. The van der Waals surface area contributed by atoms with E-state index in [2.05, 4.69) is 10.7 Å². The van der Waals surface area contributed by atoms with Crippen LogP contribution in [0.1, 0.15) is 25.8 Å². The maximum Gasteiger partial charge on any atom is 0.398 e. The summed E-state index contributed by atoms with van der Waals surface area (Å²) in [4.78, 5) is 26.7. The van der Waals surface area contributed by atoms with Crippen molar-refractivity contribution >= 4 is 11.9 Å². The standard InChI is InChI=1S/C16H21F2NO5/c1-10(2)8-12(13(20)16(17,18)15(22)24-19)14(21)23-9-11-6-4-3-5-7-11/h3-7,10,12-13,20H,8-9,19H2,1-2H3. The minimum absolute atomic E-state index is 0.0950. The second-order valence-corrected chi connectivity index (χ2v) is 5.80. The van der Waals surface area contributed by atoms with Crippen molar-refractivity contribution in [2.45, 2.75) is 38.9 Å². The molecular formula is C16H21F2NO5. The van der Waals surface area contributed by atoms with Crippen LogP contribution in [0.3, 0.4) is 0 Å². The Morgan fingerprint density at radius 2 is 1.83 bits per heavy atom. The summed E-state index contributed by atoms with van der Waals surface area (Å²) in [6, 6.07) is 8.63. The second kappa shape index (κ2) is 8.70. The van der Waals surface area contributed by atoms with Crippen LogP contribution in [0.15, 0.2) is 30.3 Å². The molecule has 1 rings (SSSR count). The lowest BCUT2D eigenvalue weighted by Crippen LogP contribution is -2.50. The minimum Gasteiger partial charge on any atom is -0.461 e. The number of nitrogens with two attached hydrogens (primary N) is 1. The summed E-state index contributed by atoms with van der Waals surface area (Å²) < 4.78 is 32.7. The van der Waals surface area contributed by atoms with E-state index in [0.29, 0.717) is 5.56 Å². The summed E-state index contributed by atoms with van der Waals surface area (Å²) in [6.45, 7) is 3.24. The highest BCUT2D eigenvalue weighted by Gasteiger charge is 2.53. The number of hydrogen-bond donors (Lipinski definition) is 2. The molecule has 2 unspecified atom stereocenters. The fraction of sp³-hybridized carbons (Fsp3) is 0.500. The van der Waals surface area contributed by atoms with Crippen LogP contribution in [0.5, 0.6) is 0 Å². The third kappa shape index (κ3) is 5.24. The lowest BCUT2D eigenvalue weighted by molar-refractivity contribution is -0.199. The summed E-state index contributed by atoms with van der Waals surface area (Å²) >= 11 is 0. The van der Waals surface area contributed by atoms with Gasteiger partial charge in [-0.25, -0.2) is 4.79 Å². The summed E-state index contributed by atoms with van der Waals surface area (Å²) in [6.07, 6.45) is -2.69. The van der Waals surface area contributed by atoms with E-state index in [0.717, 1.165) is 0 Å². The van der Waals surface area contributed by atoms with Crippen molar-refractivity contribution in [1.29, 1.82) is 0 Å². The van der Waals surface area contributed by atoms with Gasteiger partial charge in [-0.05, 0) is 17.9 Å². The van der Waals surface area contributed by atoms with Gasteiger partial charge in [-0.3, -0.25) is 4.79 Å². The van der Waals surface area contributed by atoms with Gasteiger partial charge in [0.25, 0.3) is 0 Å². The number of benzene rings is 1. The number of rotatable bonds is 8. The van der Waals surface area contributed by atoms with E-state index < -0.39 is 29.9 Å². The predicted molar refractivity (Wildman–Crippen MR) is 80.4 cm³/mol. The van der Waals surface area contributed by atoms with Crippen LogP contribution in [0.4, 0.5) is 8.78 Å². The van der Waals surface area contributed by atoms with Gasteiger partial charge < -0.3 is 14.7 Å². The highest BCUT2D eigenvalue weighted by molar-refractivity contribution is 5.80. The fourth-order valence-corrected chi connectivity index (χ4v) is 2.15. The molecule has 134 valence electrons. The quantitative estimate of drug-likeness (QED) is 0.551. The molecule has 1 aromatic rings. The molecule has 3 N–H and O–H groups in total. The maximum atomic E-state index is 13.8. The lowest BCUT2D eigenvalue weighted by atomic mass is 9.89. The van der Waals surface area contributed by atoms with Gasteiger partial charge in [0, 0.05) is 0 Å². The number of aliphatic hydroxyl groups excluding tert-OH is 1. The van der Waals surface area contributed by atoms with Crippen molar-refractivity contribution in [1.82, 2.24) is 0 Å². The average Bonchev–Trinajstić information content (AvgIpc) is 2.56. The van der Waals surface area contributed by atoms with Crippen molar-refractivity contribution < 1.29 is 33.1 Å². The number of alkyl halides is 2. The van der Waals surface area contributed by atoms with Crippen molar-refractivity contribution in [3.8, 4) is 0 Å². The summed E-state index contributed by atoms with van der Waals surface area (Å²) in [5.41, 5.74) is 0.664. The molecule has 2 atom stereocenters. The van der Waals surface area contributed by atoms with Crippen LogP contribution >= 0.6 is 0 Å². The van der Waals surface area contributed by atoms with E-state index in [-0.39, 0.29) is 18.9 Å². The Morgan fingerprint density at radius 1 is 1.25 bits per heavy atom. The molecule has 6 nitrogen and oxygen atoms in total. The SMILES string of the molecule is CC(C)CC(C(=O)OCc1ccccc1)C(O)C(F)(F)C(=O)ON. The Balaban J connectivity index is 2.87. The van der Waals surface area contributed by atoms with Gasteiger partial charge in [-0.1, -0.05) is 44.2 Å². The molecule has 1 aromatic carbocycles. The molecule has 0 aromatic heterocycles. The van der Waals surface area contributed by atoms with E-state index in [1.54, 1.807) is 44.2 Å². The van der Waals surface area contributed by atoms with Crippen LogP contribution in [0, 0.1) is 11.8 Å². The molecule has 24 heavy (non-hydrogen) atoms. The monoisotopic (exact) mass is 345 g/mol. The lowest BCUT2D eigenvalue weighted by Gasteiger charge is -2.27. The first-order valence-corrected chi connectivity index (χ1v) is 7.37. The van der Waals surface area contributed by atoms with E-state index in [1.807, 2.05) is 0 Å². The second-order valence-electron chi connectivity index (χ2n) is 5.80. The van der Waals surface area contributed by atoms with E-state index >= 15 is 0 Å². The number of carbonyl (C=O) groups excluding carboxylic acids is 2. The number of carbonyl (C=O) groups is 2. The van der Waals surface area contributed by atoms with Gasteiger partial charge in [0.05, 0.1) is 5.92 Å². The summed E-state index contributed by atoms with van der Waals surface area (Å²) in [5.74, 6) is -4.79. The first kappa shape index (κ1) is 20.0. The van der Waals surface area contributed by atoms with Crippen molar-refractivity contribution in [3.05, 3.63) is 35.9 Å². The molecule has 0 fully saturated rings. The molecule has 0 spiro atoms. The molecule has 0 saturated carbocycles. The molecule has 0 aliphatic rings. The van der Waals surface area contributed by atoms with Gasteiger partial charge in [0.2, 0.25) is 0 Å². The molecule has 8 heteroatoms. The van der Waals surface area contributed by atoms with Crippen LogP contribution in [-0.2, 0) is 25.8 Å². The zero-order valence-corrected chi connectivity index (χ0v) is 13.4. The fourth-order valence-electron chi connectivity index (χ4n) is 2.15. The Kier molecular flexibility index (Phi) is 7.24. The zero-order chi connectivity index (χ0) is 18.3. The number of hydrogen-bond acceptors (Lipinski definition) is 6. The first-order valence-electron chi connectivity index (χ1n) is 7.37. The Labute approximate surface area is 138 Å². The van der Waals surface area contributed by atoms with Crippen molar-refractivity contribution in [2.75, 3.05) is 0 Å². The molecular weight excluding hydrogens is 324 g/mol. The van der Waals surface area contributed by atoms with Crippen LogP contribution in [-0.4, -0.2) is 29.1 Å². The van der Waals surface area contributed by atoms with E-state index in [1.165, 1.54) is 0 Å². The molecule has 0 aliphatic carbocycles. The van der Waals surface area contributed by atoms with Gasteiger partial charge >= 0.3 is 17.9 Å². The highest BCUT2D eigenvalue weighted by atomic mass is 19.3. The summed E-state index contributed by atoms with van der Waals surface area (Å²) in [7, 11) is 0. The van der Waals surface area contributed by atoms with Crippen LogP contribution in [0.25, 0.3) is 0 Å². The number of aliphatic hydroxyl groups is 1. The Hall–Kier alpha value is -2.06. The van der Waals surface area contributed by atoms with Gasteiger partial charge in [0.1, 0.15) is 12.7 Å². The molecule has 0 saturated heterocycles. The number of esters is 1. The van der Waals surface area contributed by atoms with Crippen LogP contribution < -0.4 is 5.90 Å². The van der Waals surface area contributed by atoms with Gasteiger partial charge in [-0.15, -0.1) is 0 Å². The smallest absolute Gasteiger partial charge is 0.398 e. The molecule has 0 amide bonds. The first-order chi connectivity index (χ1) is 11.2. The Bertz CT molecular complexity index is 551. The number of ether oxygens (including phenoxy) is 1. The molecule has 0 bridgehead atoms. The maximum absolute atomic E-state index is 13.8. The Morgan fingerprint density at radius 3 is 2.33 bits per heavy atom. The van der Waals surface area contributed by atoms with Gasteiger partial charge in [0.15, 0.2) is 0 Å². The third-order valence-corrected chi connectivity index (χ3v) is 3.38. The third-order valence-electron chi connectivity index (χ3n) is 3.38. The van der Waals surface area contributed by atoms with Crippen LogP contribution in [0.2, 0.25) is 0 Å². The van der Waals surface area contributed by atoms with Crippen molar-refractivity contribution in [2.24, 2.45) is 17.7 Å². The summed E-state index contributed by atoms with van der Waals surface area (Å²) in [5, 5.41) is 9.85. The molecule has 0 aliphatic heterocycles. The predicted octanol–water partition coefficient (Wildman–Crippen LogP) is 1.81.